The highest BCUT2D eigenvalue weighted by molar-refractivity contribution is 8.05. The van der Waals surface area contributed by atoms with Gasteiger partial charge in [-0.05, 0) is 55.3 Å². The molecule has 3 rings (SSSR count). The predicted octanol–water partition coefficient (Wildman–Crippen LogP) is 4.01. The monoisotopic (exact) mass is 400 g/mol. The zero-order chi connectivity index (χ0) is 20.1. The first-order chi connectivity index (χ1) is 13.5. The lowest BCUT2D eigenvalue weighted by molar-refractivity contribution is -0.116. The average molecular weight is 401 g/mol. The second-order valence-corrected chi connectivity index (χ2v) is 7.32. The van der Waals surface area contributed by atoms with Crippen LogP contribution in [0, 0.1) is 6.92 Å². The normalized spacial score (nSPS) is 17.4. The van der Waals surface area contributed by atoms with Gasteiger partial charge in [-0.2, -0.15) is 0 Å². The maximum absolute atomic E-state index is 12.4. The molecule has 0 spiro atoms. The Kier molecular flexibility index (Phi) is 6.36. The van der Waals surface area contributed by atoms with E-state index < -0.39 is 0 Å². The van der Waals surface area contributed by atoms with E-state index >= 15 is 0 Å². The van der Waals surface area contributed by atoms with E-state index in [0.29, 0.717) is 23.0 Å². The number of anilines is 1. The Labute approximate surface area is 169 Å². The number of carbonyl (C=O) groups is 1. The first-order valence-corrected chi connectivity index (χ1v) is 9.83. The SMILES string of the molecule is CCOc1cc(/C=C2\SC(Nc3cc(C)ccc3OC)NC2=O)ccc1OC. The van der Waals surface area contributed by atoms with Crippen LogP contribution in [0.25, 0.3) is 6.08 Å². The molecule has 2 aromatic carbocycles. The van der Waals surface area contributed by atoms with Crippen molar-refractivity contribution in [3.05, 3.63) is 52.4 Å². The Bertz CT molecular complexity index is 898. The number of ether oxygens (including phenoxy) is 3. The first kappa shape index (κ1) is 19.9. The summed E-state index contributed by atoms with van der Waals surface area (Å²) in [7, 11) is 3.23. The standard InChI is InChI=1S/C21H24N2O4S/c1-5-27-18-11-14(7-9-17(18)26-4)12-19-20(24)23-21(28-19)22-15-10-13(2)6-8-16(15)25-3/h6-12,21-22H,5H2,1-4H3,(H,23,24)/b19-12-. The molecular formula is C21H24N2O4S. The van der Waals surface area contributed by atoms with Gasteiger partial charge in [-0.25, -0.2) is 0 Å². The minimum Gasteiger partial charge on any atom is -0.495 e. The van der Waals surface area contributed by atoms with Gasteiger partial charge in [0, 0.05) is 0 Å². The van der Waals surface area contributed by atoms with Gasteiger partial charge in [0.15, 0.2) is 17.0 Å². The fourth-order valence-corrected chi connectivity index (χ4v) is 3.82. The van der Waals surface area contributed by atoms with Gasteiger partial charge in [-0.3, -0.25) is 4.79 Å². The van der Waals surface area contributed by atoms with Crippen LogP contribution < -0.4 is 24.8 Å². The van der Waals surface area contributed by atoms with Crippen molar-refractivity contribution in [2.24, 2.45) is 0 Å². The largest absolute Gasteiger partial charge is 0.495 e. The van der Waals surface area contributed by atoms with Crippen LogP contribution in [-0.2, 0) is 4.79 Å². The molecule has 1 fully saturated rings. The van der Waals surface area contributed by atoms with Crippen molar-refractivity contribution >= 4 is 29.4 Å². The molecule has 7 heteroatoms. The molecular weight excluding hydrogens is 376 g/mol. The molecule has 6 nitrogen and oxygen atoms in total. The van der Waals surface area contributed by atoms with Crippen molar-refractivity contribution in [1.82, 2.24) is 5.32 Å². The van der Waals surface area contributed by atoms with Crippen LogP contribution in [0.4, 0.5) is 5.69 Å². The second kappa shape index (κ2) is 8.93. The molecule has 0 aromatic heterocycles. The van der Waals surface area contributed by atoms with E-state index in [1.165, 1.54) is 11.8 Å². The number of aryl methyl sites for hydroxylation is 1. The van der Waals surface area contributed by atoms with Gasteiger partial charge >= 0.3 is 0 Å². The van der Waals surface area contributed by atoms with Crippen LogP contribution in [-0.4, -0.2) is 32.2 Å². The lowest BCUT2D eigenvalue weighted by Gasteiger charge is -2.16. The van der Waals surface area contributed by atoms with Gasteiger partial charge in [-0.1, -0.05) is 23.9 Å². The minimum atomic E-state index is -0.279. The molecule has 0 radical (unpaired) electrons. The van der Waals surface area contributed by atoms with E-state index in [2.05, 4.69) is 10.6 Å². The highest BCUT2D eigenvalue weighted by Gasteiger charge is 2.27. The van der Waals surface area contributed by atoms with Crippen molar-refractivity contribution in [3.8, 4) is 17.2 Å². The summed E-state index contributed by atoms with van der Waals surface area (Å²) in [6, 6.07) is 11.5. The molecule has 1 amide bonds. The van der Waals surface area contributed by atoms with Gasteiger partial charge in [0.1, 0.15) is 5.75 Å². The Morgan fingerprint density at radius 2 is 1.86 bits per heavy atom. The number of hydrogen-bond acceptors (Lipinski definition) is 6. The van der Waals surface area contributed by atoms with Crippen molar-refractivity contribution in [1.29, 1.82) is 0 Å². The number of methoxy groups -OCH3 is 2. The molecule has 0 aliphatic carbocycles. The Morgan fingerprint density at radius 1 is 1.11 bits per heavy atom. The number of thioether (sulfide) groups is 1. The fraction of sp³-hybridized carbons (Fsp3) is 0.286. The van der Waals surface area contributed by atoms with Gasteiger partial charge in [-0.15, -0.1) is 0 Å². The number of nitrogens with one attached hydrogen (secondary N) is 2. The van der Waals surface area contributed by atoms with Gasteiger partial charge < -0.3 is 24.8 Å². The first-order valence-electron chi connectivity index (χ1n) is 8.95. The molecule has 2 aromatic rings. The molecule has 1 heterocycles. The highest BCUT2D eigenvalue weighted by Crippen LogP contribution is 2.35. The van der Waals surface area contributed by atoms with Crippen molar-refractivity contribution in [3.63, 3.8) is 0 Å². The van der Waals surface area contributed by atoms with E-state index in [9.17, 15) is 4.79 Å². The molecule has 1 aliphatic rings. The third-order valence-electron chi connectivity index (χ3n) is 4.16. The van der Waals surface area contributed by atoms with Crippen molar-refractivity contribution in [2.75, 3.05) is 26.1 Å². The number of carbonyl (C=O) groups excluding carboxylic acids is 1. The smallest absolute Gasteiger partial charge is 0.260 e. The quantitative estimate of drug-likeness (QED) is 0.685. The van der Waals surface area contributed by atoms with Crippen molar-refractivity contribution < 1.29 is 19.0 Å². The molecule has 0 saturated carbocycles. The molecule has 1 atom stereocenters. The minimum absolute atomic E-state index is 0.122. The van der Waals surface area contributed by atoms with Gasteiger partial charge in [0.05, 0.1) is 31.4 Å². The van der Waals surface area contributed by atoms with E-state index in [-0.39, 0.29) is 11.4 Å². The maximum Gasteiger partial charge on any atom is 0.260 e. The van der Waals surface area contributed by atoms with Crippen LogP contribution in [0.5, 0.6) is 17.2 Å². The summed E-state index contributed by atoms with van der Waals surface area (Å²) in [6.07, 6.45) is 1.84. The van der Waals surface area contributed by atoms with E-state index in [4.69, 9.17) is 14.2 Å². The summed E-state index contributed by atoms with van der Waals surface area (Å²) in [6.45, 7) is 4.46. The molecule has 1 aliphatic heterocycles. The van der Waals surface area contributed by atoms with E-state index in [0.717, 1.165) is 22.6 Å². The van der Waals surface area contributed by atoms with Crippen LogP contribution in [0.1, 0.15) is 18.1 Å². The maximum atomic E-state index is 12.4. The summed E-state index contributed by atoms with van der Waals surface area (Å²) in [5.41, 5.74) is 2.54. The highest BCUT2D eigenvalue weighted by atomic mass is 32.2. The average Bonchev–Trinajstić information content (AvgIpc) is 3.01. The number of benzene rings is 2. The molecule has 28 heavy (non-hydrogen) atoms. The summed E-state index contributed by atoms with van der Waals surface area (Å²) in [5.74, 6) is 1.93. The van der Waals surface area contributed by atoms with E-state index in [1.54, 1.807) is 14.2 Å². The van der Waals surface area contributed by atoms with Crippen LogP contribution in [0.3, 0.4) is 0 Å². The summed E-state index contributed by atoms with van der Waals surface area (Å²) in [5, 5.41) is 6.26. The zero-order valence-corrected chi connectivity index (χ0v) is 17.2. The third kappa shape index (κ3) is 4.54. The summed E-state index contributed by atoms with van der Waals surface area (Å²) >= 11 is 1.42. The summed E-state index contributed by atoms with van der Waals surface area (Å²) in [4.78, 5) is 13.0. The van der Waals surface area contributed by atoms with E-state index in [1.807, 2.05) is 56.3 Å². The molecule has 1 saturated heterocycles. The topological polar surface area (TPSA) is 68.8 Å². The third-order valence-corrected chi connectivity index (χ3v) is 5.19. The second-order valence-electron chi connectivity index (χ2n) is 6.17. The van der Waals surface area contributed by atoms with Crippen molar-refractivity contribution in [2.45, 2.75) is 19.3 Å². The van der Waals surface area contributed by atoms with Crippen LogP contribution in [0.2, 0.25) is 0 Å². The lowest BCUT2D eigenvalue weighted by Crippen LogP contribution is -2.31. The fourth-order valence-electron chi connectivity index (χ4n) is 2.84. The Balaban J connectivity index is 1.78. The number of rotatable bonds is 7. The van der Waals surface area contributed by atoms with Crippen LogP contribution in [0.15, 0.2) is 41.3 Å². The Morgan fingerprint density at radius 3 is 2.57 bits per heavy atom. The number of amides is 1. The lowest BCUT2D eigenvalue weighted by atomic mass is 10.2. The zero-order valence-electron chi connectivity index (χ0n) is 16.4. The van der Waals surface area contributed by atoms with Crippen LogP contribution >= 0.6 is 11.8 Å². The molecule has 148 valence electrons. The molecule has 0 bridgehead atoms. The summed E-state index contributed by atoms with van der Waals surface area (Å²) < 4.78 is 16.3. The molecule has 1 unspecified atom stereocenters. The van der Waals surface area contributed by atoms with Gasteiger partial charge in [0.2, 0.25) is 0 Å². The predicted molar refractivity (Wildman–Crippen MR) is 113 cm³/mol. The molecule has 2 N–H and O–H groups in total. The Hall–Kier alpha value is -2.80. The van der Waals surface area contributed by atoms with Gasteiger partial charge in [0.25, 0.3) is 5.91 Å². The number of hydrogen-bond donors (Lipinski definition) is 2.